The van der Waals surface area contributed by atoms with Crippen molar-refractivity contribution in [2.24, 2.45) is 0 Å². The fraction of sp³-hybridized carbons (Fsp3) is 0.667. The first kappa shape index (κ1) is 8.89. The summed E-state index contributed by atoms with van der Waals surface area (Å²) in [5.74, 6) is -0.377. The molecule has 2 atom stereocenters. The van der Waals surface area contributed by atoms with Gasteiger partial charge in [-0.25, -0.2) is 0 Å². The Bertz CT molecular complexity index is 159. The molecule has 56 valence electrons. The van der Waals surface area contributed by atoms with Crippen LogP contribution in [0.15, 0.2) is 0 Å². The molecule has 1 aliphatic carbocycles. The molecule has 0 heterocycles. The van der Waals surface area contributed by atoms with Gasteiger partial charge in [0.2, 0.25) is 11.6 Å². The van der Waals surface area contributed by atoms with E-state index in [-0.39, 0.29) is 19.4 Å². The molecule has 1 fully saturated rings. The molecule has 1 rings (SSSR count). The van der Waals surface area contributed by atoms with Crippen LogP contribution in [0.3, 0.4) is 0 Å². The van der Waals surface area contributed by atoms with E-state index in [1.54, 1.807) is 0 Å². The van der Waals surface area contributed by atoms with Gasteiger partial charge in [0.15, 0.2) is 0 Å². The molecule has 0 saturated heterocycles. The minimum absolute atomic E-state index is 0.0592. The van der Waals surface area contributed by atoms with E-state index >= 15 is 0 Å². The molecule has 1 saturated carbocycles. The standard InChI is InChI=1S/C6H6I2O2/c7-3-1-2-4(8)6(10)5(3)9/h3-4H,1-2H2. The van der Waals surface area contributed by atoms with Gasteiger partial charge in [-0.3, -0.25) is 9.59 Å². The van der Waals surface area contributed by atoms with Gasteiger partial charge in [0.1, 0.15) is 0 Å². The molecule has 0 aromatic carbocycles. The van der Waals surface area contributed by atoms with Crippen LogP contribution >= 0.6 is 45.2 Å². The summed E-state index contributed by atoms with van der Waals surface area (Å²) < 4.78 is -0.118. The van der Waals surface area contributed by atoms with Gasteiger partial charge in [-0.05, 0) is 12.8 Å². The molecule has 0 amide bonds. The maximum absolute atomic E-state index is 11.0. The van der Waals surface area contributed by atoms with Gasteiger partial charge in [-0.2, -0.15) is 0 Å². The summed E-state index contributed by atoms with van der Waals surface area (Å²) >= 11 is 4.07. The summed E-state index contributed by atoms with van der Waals surface area (Å²) in [7, 11) is 0. The lowest BCUT2D eigenvalue weighted by molar-refractivity contribution is -0.136. The highest BCUT2D eigenvalue weighted by atomic mass is 127. The number of alkyl halides is 2. The van der Waals surface area contributed by atoms with Crippen LogP contribution in [0.5, 0.6) is 0 Å². The van der Waals surface area contributed by atoms with Crippen molar-refractivity contribution < 1.29 is 9.59 Å². The molecular formula is C6H6I2O2. The first-order chi connectivity index (χ1) is 4.63. The van der Waals surface area contributed by atoms with Crippen molar-refractivity contribution in [2.75, 3.05) is 0 Å². The fourth-order valence-corrected chi connectivity index (χ4v) is 2.20. The number of rotatable bonds is 0. The third kappa shape index (κ3) is 1.69. The number of hydrogen-bond acceptors (Lipinski definition) is 2. The first-order valence-corrected chi connectivity index (χ1v) is 5.48. The van der Waals surface area contributed by atoms with Crippen molar-refractivity contribution in [1.29, 1.82) is 0 Å². The number of halogens is 2. The van der Waals surface area contributed by atoms with E-state index in [4.69, 9.17) is 0 Å². The lowest BCUT2D eigenvalue weighted by Crippen LogP contribution is -2.35. The van der Waals surface area contributed by atoms with E-state index in [2.05, 4.69) is 0 Å². The zero-order chi connectivity index (χ0) is 7.72. The molecule has 0 bridgehead atoms. The summed E-state index contributed by atoms with van der Waals surface area (Å²) in [5.41, 5.74) is 0. The Balaban J connectivity index is 2.70. The second-order valence-corrected chi connectivity index (χ2v) is 5.25. The van der Waals surface area contributed by atoms with Crippen LogP contribution < -0.4 is 0 Å². The minimum atomic E-state index is -0.189. The zero-order valence-corrected chi connectivity index (χ0v) is 9.46. The van der Waals surface area contributed by atoms with Gasteiger partial charge < -0.3 is 0 Å². The van der Waals surface area contributed by atoms with Gasteiger partial charge in [-0.1, -0.05) is 45.2 Å². The average Bonchev–Trinajstić information content (AvgIpc) is 1.93. The molecule has 0 aromatic heterocycles. The lowest BCUT2D eigenvalue weighted by atomic mass is 9.98. The monoisotopic (exact) mass is 364 g/mol. The van der Waals surface area contributed by atoms with Crippen molar-refractivity contribution in [2.45, 2.75) is 20.7 Å². The van der Waals surface area contributed by atoms with Gasteiger partial charge in [0, 0.05) is 0 Å². The number of hydrogen-bond donors (Lipinski definition) is 0. The van der Waals surface area contributed by atoms with Crippen LogP contribution in [0, 0.1) is 0 Å². The number of carbonyl (C=O) groups excluding carboxylic acids is 2. The van der Waals surface area contributed by atoms with Crippen molar-refractivity contribution in [3.05, 3.63) is 0 Å². The fourth-order valence-electron chi connectivity index (χ4n) is 0.864. The van der Waals surface area contributed by atoms with E-state index in [0.717, 1.165) is 12.8 Å². The van der Waals surface area contributed by atoms with Crippen molar-refractivity contribution >= 4 is 56.7 Å². The maximum atomic E-state index is 11.0. The second kappa shape index (κ2) is 3.46. The Morgan fingerprint density at radius 1 is 1.00 bits per heavy atom. The quantitative estimate of drug-likeness (QED) is 0.371. The summed E-state index contributed by atoms with van der Waals surface area (Å²) in [6, 6.07) is 0. The van der Waals surface area contributed by atoms with Crippen LogP contribution in [0.2, 0.25) is 0 Å². The Kier molecular flexibility index (Phi) is 3.08. The van der Waals surface area contributed by atoms with Crippen molar-refractivity contribution in [3.8, 4) is 0 Å². The molecule has 2 nitrogen and oxygen atoms in total. The molecule has 0 aromatic rings. The predicted molar refractivity (Wildman–Crippen MR) is 54.9 cm³/mol. The summed E-state index contributed by atoms with van der Waals surface area (Å²) in [4.78, 5) is 21.9. The highest BCUT2D eigenvalue weighted by Crippen LogP contribution is 2.24. The Morgan fingerprint density at radius 2 is 1.30 bits per heavy atom. The van der Waals surface area contributed by atoms with Gasteiger partial charge >= 0.3 is 0 Å². The zero-order valence-electron chi connectivity index (χ0n) is 5.14. The van der Waals surface area contributed by atoms with Crippen LogP contribution in [0.4, 0.5) is 0 Å². The smallest absolute Gasteiger partial charge is 0.212 e. The van der Waals surface area contributed by atoms with Crippen molar-refractivity contribution in [1.82, 2.24) is 0 Å². The van der Waals surface area contributed by atoms with E-state index in [1.807, 2.05) is 45.2 Å². The third-order valence-electron chi connectivity index (χ3n) is 1.49. The highest BCUT2D eigenvalue weighted by Gasteiger charge is 2.33. The molecule has 0 N–H and O–H groups in total. The molecule has 10 heavy (non-hydrogen) atoms. The topological polar surface area (TPSA) is 34.1 Å². The van der Waals surface area contributed by atoms with Gasteiger partial charge in [0.05, 0.1) is 7.85 Å². The number of carbonyl (C=O) groups is 2. The molecule has 1 aliphatic rings. The molecule has 2 unspecified atom stereocenters. The molecule has 0 aliphatic heterocycles. The summed E-state index contributed by atoms with van der Waals surface area (Å²) in [6.07, 6.45) is 1.72. The van der Waals surface area contributed by atoms with Gasteiger partial charge in [0.25, 0.3) is 0 Å². The second-order valence-electron chi connectivity index (χ2n) is 2.24. The normalized spacial score (nSPS) is 34.6. The lowest BCUT2D eigenvalue weighted by Gasteiger charge is -2.17. The molecule has 0 radical (unpaired) electrons. The largest absolute Gasteiger partial charge is 0.290 e. The SMILES string of the molecule is O=C1C(=O)C(I)CCC1I. The average molecular weight is 364 g/mol. The molecule has 0 spiro atoms. The first-order valence-electron chi connectivity index (χ1n) is 2.99. The van der Waals surface area contributed by atoms with Crippen LogP contribution in [0.25, 0.3) is 0 Å². The highest BCUT2D eigenvalue weighted by molar-refractivity contribution is 14.1. The molecule has 4 heteroatoms. The molecular weight excluding hydrogens is 358 g/mol. The number of ketones is 2. The summed E-state index contributed by atoms with van der Waals surface area (Å²) in [6.45, 7) is 0. The third-order valence-corrected chi connectivity index (χ3v) is 3.86. The van der Waals surface area contributed by atoms with E-state index in [0.29, 0.717) is 0 Å². The number of Topliss-reactive ketones (excluding diaryl/α,β-unsaturated/α-hetero) is 2. The van der Waals surface area contributed by atoms with Crippen LogP contribution in [-0.4, -0.2) is 19.4 Å². The van der Waals surface area contributed by atoms with Crippen molar-refractivity contribution in [3.63, 3.8) is 0 Å². The Labute approximate surface area is 86.4 Å². The van der Waals surface area contributed by atoms with E-state index in [9.17, 15) is 9.59 Å². The van der Waals surface area contributed by atoms with Crippen LogP contribution in [-0.2, 0) is 9.59 Å². The van der Waals surface area contributed by atoms with E-state index in [1.165, 1.54) is 0 Å². The van der Waals surface area contributed by atoms with E-state index < -0.39 is 0 Å². The van der Waals surface area contributed by atoms with Crippen LogP contribution in [0.1, 0.15) is 12.8 Å². The Morgan fingerprint density at radius 3 is 1.60 bits per heavy atom. The predicted octanol–water partition coefficient (Wildman–Crippen LogP) is 1.53. The maximum Gasteiger partial charge on any atom is 0.212 e. The summed E-state index contributed by atoms with van der Waals surface area (Å²) in [5, 5.41) is 0. The Hall–Kier alpha value is 0.800. The van der Waals surface area contributed by atoms with Gasteiger partial charge in [-0.15, -0.1) is 0 Å². The minimum Gasteiger partial charge on any atom is -0.290 e.